The minimum absolute atomic E-state index is 0.126. The van der Waals surface area contributed by atoms with E-state index >= 15 is 0 Å². The molecule has 1 aromatic rings. The monoisotopic (exact) mass is 194 g/mol. The van der Waals surface area contributed by atoms with Crippen molar-refractivity contribution in [3.05, 3.63) is 24.2 Å². The molecule has 5 heteroatoms. The summed E-state index contributed by atoms with van der Waals surface area (Å²) < 4.78 is 1.62. The first-order valence-corrected chi connectivity index (χ1v) is 4.42. The summed E-state index contributed by atoms with van der Waals surface area (Å²) in [5.74, 6) is -0.126. The van der Waals surface area contributed by atoms with Crippen LogP contribution >= 0.6 is 0 Å². The molecule has 0 N–H and O–H groups in total. The van der Waals surface area contributed by atoms with E-state index in [0.717, 1.165) is 6.54 Å². The zero-order valence-corrected chi connectivity index (χ0v) is 8.64. The van der Waals surface area contributed by atoms with Gasteiger partial charge in [-0.1, -0.05) is 5.21 Å². The van der Waals surface area contributed by atoms with Crippen LogP contribution in [0.2, 0.25) is 0 Å². The van der Waals surface area contributed by atoms with Crippen LogP contribution in [0.15, 0.2) is 18.5 Å². The summed E-state index contributed by atoms with van der Waals surface area (Å²) in [7, 11) is 3.71. The zero-order chi connectivity index (χ0) is 10.6. The van der Waals surface area contributed by atoms with Crippen molar-refractivity contribution in [3.63, 3.8) is 0 Å². The Kier molecular flexibility index (Phi) is 3.39. The summed E-state index contributed by atoms with van der Waals surface area (Å²) >= 11 is 0. The predicted molar refractivity (Wildman–Crippen MR) is 52.9 cm³/mol. The molecule has 0 aliphatic carbocycles. The van der Waals surface area contributed by atoms with E-state index < -0.39 is 0 Å². The summed E-state index contributed by atoms with van der Waals surface area (Å²) in [5, 5.41) is 7.54. The highest BCUT2D eigenvalue weighted by atomic mass is 16.1. The van der Waals surface area contributed by atoms with Crippen LogP contribution in [0.1, 0.15) is 17.4 Å². The van der Waals surface area contributed by atoms with E-state index in [1.807, 2.05) is 21.0 Å². The van der Waals surface area contributed by atoms with Crippen molar-refractivity contribution in [2.24, 2.45) is 0 Å². The van der Waals surface area contributed by atoms with Crippen LogP contribution in [-0.2, 0) is 6.54 Å². The molecule has 0 atom stereocenters. The highest BCUT2D eigenvalue weighted by Crippen LogP contribution is 1.96. The number of aromatic nitrogens is 3. The van der Waals surface area contributed by atoms with E-state index in [1.54, 1.807) is 22.0 Å². The fourth-order valence-electron chi connectivity index (χ4n) is 0.868. The molecule has 1 aromatic heterocycles. The second-order valence-corrected chi connectivity index (χ2v) is 3.10. The number of hydrogen-bond donors (Lipinski definition) is 0. The van der Waals surface area contributed by atoms with Crippen LogP contribution in [0.25, 0.3) is 0 Å². The zero-order valence-electron chi connectivity index (χ0n) is 8.64. The molecule has 0 fully saturated rings. The van der Waals surface area contributed by atoms with Crippen molar-refractivity contribution in [2.75, 3.05) is 14.1 Å². The molecule has 0 amide bonds. The van der Waals surface area contributed by atoms with Gasteiger partial charge in [0.25, 0.3) is 0 Å². The summed E-state index contributed by atoms with van der Waals surface area (Å²) in [6, 6.07) is 0. The molecule has 0 aliphatic rings. The number of rotatable bonds is 4. The number of ketones is 1. The second kappa shape index (κ2) is 4.55. The second-order valence-electron chi connectivity index (χ2n) is 3.10. The van der Waals surface area contributed by atoms with Crippen molar-refractivity contribution >= 4 is 5.78 Å². The van der Waals surface area contributed by atoms with Gasteiger partial charge < -0.3 is 4.90 Å². The summed E-state index contributed by atoms with van der Waals surface area (Å²) in [6.07, 6.45) is 4.81. The van der Waals surface area contributed by atoms with E-state index in [1.165, 1.54) is 6.08 Å². The van der Waals surface area contributed by atoms with Gasteiger partial charge in [0, 0.05) is 32.9 Å². The third kappa shape index (κ3) is 2.69. The maximum Gasteiger partial charge on any atom is 0.209 e. The van der Waals surface area contributed by atoms with Gasteiger partial charge in [0.1, 0.15) is 0 Å². The van der Waals surface area contributed by atoms with Gasteiger partial charge in [-0.25, -0.2) is 0 Å². The number of carbonyl (C=O) groups is 1. The fourth-order valence-corrected chi connectivity index (χ4v) is 0.868. The van der Waals surface area contributed by atoms with Gasteiger partial charge in [-0.15, -0.1) is 5.10 Å². The maximum atomic E-state index is 11.4. The molecule has 1 heterocycles. The van der Waals surface area contributed by atoms with Crippen molar-refractivity contribution < 1.29 is 4.79 Å². The van der Waals surface area contributed by atoms with Crippen LogP contribution in [0, 0.1) is 0 Å². The Bertz CT molecular complexity index is 340. The minimum Gasteiger partial charge on any atom is -0.383 e. The summed E-state index contributed by atoms with van der Waals surface area (Å²) in [6.45, 7) is 2.66. The smallest absolute Gasteiger partial charge is 0.209 e. The number of aryl methyl sites for hydroxylation is 1. The van der Waals surface area contributed by atoms with Gasteiger partial charge in [-0.05, 0) is 6.92 Å². The normalized spacial score (nSPS) is 10.8. The molecule has 0 spiro atoms. The van der Waals surface area contributed by atoms with Crippen LogP contribution in [-0.4, -0.2) is 39.8 Å². The molecule has 0 bridgehead atoms. The van der Waals surface area contributed by atoms with Gasteiger partial charge in [0.15, 0.2) is 5.69 Å². The SMILES string of the molecule is CCn1cc(C(=O)/C=C/N(C)C)nn1. The number of hydrogen-bond acceptors (Lipinski definition) is 4. The van der Waals surface area contributed by atoms with Gasteiger partial charge in [-0.3, -0.25) is 9.48 Å². The Labute approximate surface area is 83.0 Å². The molecular formula is C9H14N4O. The standard InChI is InChI=1S/C9H14N4O/c1-4-13-7-8(10-11-13)9(14)5-6-12(2)3/h5-7H,4H2,1-3H3/b6-5+. The molecule has 0 saturated carbocycles. The van der Waals surface area contributed by atoms with E-state index in [0.29, 0.717) is 5.69 Å². The highest BCUT2D eigenvalue weighted by molar-refractivity contribution is 6.02. The lowest BCUT2D eigenvalue weighted by Crippen LogP contribution is -2.03. The third-order valence-corrected chi connectivity index (χ3v) is 1.64. The van der Waals surface area contributed by atoms with Crippen LogP contribution in [0.3, 0.4) is 0 Å². The molecule has 76 valence electrons. The first kappa shape index (κ1) is 10.4. The van der Waals surface area contributed by atoms with E-state index in [4.69, 9.17) is 0 Å². The molecule has 0 saturated heterocycles. The lowest BCUT2D eigenvalue weighted by Gasteiger charge is -2.01. The van der Waals surface area contributed by atoms with Crippen molar-refractivity contribution in [3.8, 4) is 0 Å². The number of carbonyl (C=O) groups excluding carboxylic acids is 1. The maximum absolute atomic E-state index is 11.4. The van der Waals surface area contributed by atoms with Crippen molar-refractivity contribution in [2.45, 2.75) is 13.5 Å². The van der Waals surface area contributed by atoms with Crippen LogP contribution < -0.4 is 0 Å². The van der Waals surface area contributed by atoms with E-state index in [2.05, 4.69) is 10.3 Å². The average molecular weight is 194 g/mol. The lowest BCUT2D eigenvalue weighted by molar-refractivity contribution is 0.104. The molecule has 0 aromatic carbocycles. The first-order chi connectivity index (χ1) is 6.63. The number of allylic oxidation sites excluding steroid dienone is 1. The lowest BCUT2D eigenvalue weighted by atomic mass is 10.3. The predicted octanol–water partition coefficient (Wildman–Crippen LogP) is 0.556. The molecule has 0 aliphatic heterocycles. The molecule has 1 rings (SSSR count). The van der Waals surface area contributed by atoms with Crippen molar-refractivity contribution in [1.82, 2.24) is 19.9 Å². The average Bonchev–Trinajstić information content (AvgIpc) is 2.62. The quantitative estimate of drug-likeness (QED) is 0.519. The highest BCUT2D eigenvalue weighted by Gasteiger charge is 2.06. The molecule has 14 heavy (non-hydrogen) atoms. The third-order valence-electron chi connectivity index (χ3n) is 1.64. The van der Waals surface area contributed by atoms with Gasteiger partial charge in [0.05, 0.1) is 6.20 Å². The Morgan fingerprint density at radius 3 is 2.86 bits per heavy atom. The number of nitrogens with zero attached hydrogens (tertiary/aromatic N) is 4. The molecule has 5 nitrogen and oxygen atoms in total. The van der Waals surface area contributed by atoms with E-state index in [9.17, 15) is 4.79 Å². The Morgan fingerprint density at radius 2 is 2.36 bits per heavy atom. The van der Waals surface area contributed by atoms with Gasteiger partial charge in [-0.2, -0.15) is 0 Å². The summed E-state index contributed by atoms with van der Waals surface area (Å²) in [4.78, 5) is 13.2. The van der Waals surface area contributed by atoms with Gasteiger partial charge in [0.2, 0.25) is 5.78 Å². The van der Waals surface area contributed by atoms with Gasteiger partial charge >= 0.3 is 0 Å². The minimum atomic E-state index is -0.126. The van der Waals surface area contributed by atoms with Crippen LogP contribution in [0.5, 0.6) is 0 Å². The molecule has 0 unspecified atom stereocenters. The Balaban J connectivity index is 2.70. The van der Waals surface area contributed by atoms with Crippen molar-refractivity contribution in [1.29, 1.82) is 0 Å². The Hall–Kier alpha value is -1.65. The topological polar surface area (TPSA) is 51.0 Å². The van der Waals surface area contributed by atoms with Crippen LogP contribution in [0.4, 0.5) is 0 Å². The Morgan fingerprint density at radius 1 is 1.64 bits per heavy atom. The first-order valence-electron chi connectivity index (χ1n) is 4.42. The molecular weight excluding hydrogens is 180 g/mol. The van der Waals surface area contributed by atoms with E-state index in [-0.39, 0.29) is 5.78 Å². The largest absolute Gasteiger partial charge is 0.383 e. The fraction of sp³-hybridized carbons (Fsp3) is 0.444. The molecule has 0 radical (unpaired) electrons. The summed E-state index contributed by atoms with van der Waals surface area (Å²) in [5.41, 5.74) is 0.380.